The molecule has 2 aromatic carbocycles. The molecule has 0 bridgehead atoms. The van der Waals surface area contributed by atoms with Gasteiger partial charge in [-0.1, -0.05) is 23.7 Å². The molecule has 1 unspecified atom stereocenters. The van der Waals surface area contributed by atoms with E-state index in [1.54, 1.807) is 12.1 Å². The number of rotatable bonds is 4. The average molecular weight is 307 g/mol. The van der Waals surface area contributed by atoms with Gasteiger partial charge >= 0.3 is 0 Å². The molecule has 5 nitrogen and oxygen atoms in total. The lowest BCUT2D eigenvalue weighted by atomic mass is 10.0. The first kappa shape index (κ1) is 15.3. The van der Waals surface area contributed by atoms with E-state index in [0.717, 1.165) is 5.69 Å². The summed E-state index contributed by atoms with van der Waals surface area (Å²) in [4.78, 5) is 12.2. The van der Waals surface area contributed by atoms with Crippen LogP contribution in [0.4, 0.5) is 11.4 Å². The van der Waals surface area contributed by atoms with E-state index in [4.69, 9.17) is 11.6 Å². The smallest absolute Gasteiger partial charge is 0.269 e. The molecule has 110 valence electrons. The summed E-state index contributed by atoms with van der Waals surface area (Å²) in [6.45, 7) is 0. The standard InChI is InChI=1S/C15H15ClN2O3/c1-17(2)11-5-3-10(4-6-11)15(19)13-9-12(18(20)21)7-8-14(13)16/h3-9,15,19H,1-2H3. The van der Waals surface area contributed by atoms with Crippen molar-refractivity contribution in [1.82, 2.24) is 0 Å². The van der Waals surface area contributed by atoms with Crippen LogP contribution in [0.25, 0.3) is 0 Å². The highest BCUT2D eigenvalue weighted by molar-refractivity contribution is 6.31. The highest BCUT2D eigenvalue weighted by atomic mass is 35.5. The van der Waals surface area contributed by atoms with E-state index < -0.39 is 11.0 Å². The second-order valence-corrected chi connectivity index (χ2v) is 5.26. The van der Waals surface area contributed by atoms with Crippen LogP contribution in [-0.4, -0.2) is 24.1 Å². The Balaban J connectivity index is 2.37. The summed E-state index contributed by atoms with van der Waals surface area (Å²) in [6, 6.07) is 11.3. The number of non-ortho nitro benzene ring substituents is 1. The summed E-state index contributed by atoms with van der Waals surface area (Å²) in [5, 5.41) is 21.5. The molecule has 1 atom stereocenters. The molecule has 0 aliphatic carbocycles. The Morgan fingerprint density at radius 2 is 1.81 bits per heavy atom. The van der Waals surface area contributed by atoms with Gasteiger partial charge in [0.2, 0.25) is 0 Å². The molecule has 0 saturated carbocycles. The fourth-order valence-electron chi connectivity index (χ4n) is 1.99. The lowest BCUT2D eigenvalue weighted by molar-refractivity contribution is -0.385. The highest BCUT2D eigenvalue weighted by Crippen LogP contribution is 2.31. The zero-order valence-corrected chi connectivity index (χ0v) is 12.4. The van der Waals surface area contributed by atoms with Gasteiger partial charge in [-0.05, 0) is 23.8 Å². The third-order valence-corrected chi connectivity index (χ3v) is 3.55. The van der Waals surface area contributed by atoms with E-state index >= 15 is 0 Å². The minimum Gasteiger partial charge on any atom is -0.384 e. The predicted octanol–water partition coefficient (Wildman–Crippen LogP) is 3.40. The number of anilines is 1. The SMILES string of the molecule is CN(C)c1ccc(C(O)c2cc([N+](=O)[O-])ccc2Cl)cc1. The molecule has 6 heteroatoms. The summed E-state index contributed by atoms with van der Waals surface area (Å²) >= 11 is 6.04. The van der Waals surface area contributed by atoms with Crippen molar-refractivity contribution < 1.29 is 10.0 Å². The van der Waals surface area contributed by atoms with Crippen molar-refractivity contribution in [3.63, 3.8) is 0 Å². The van der Waals surface area contributed by atoms with Gasteiger partial charge in [-0.25, -0.2) is 0 Å². The van der Waals surface area contributed by atoms with Gasteiger partial charge in [-0.3, -0.25) is 10.1 Å². The van der Waals surface area contributed by atoms with Gasteiger partial charge in [0, 0.05) is 42.5 Å². The first-order valence-corrected chi connectivity index (χ1v) is 6.67. The maximum atomic E-state index is 10.8. The lowest BCUT2D eigenvalue weighted by Gasteiger charge is -2.16. The van der Waals surface area contributed by atoms with Crippen LogP contribution in [0.3, 0.4) is 0 Å². The molecule has 1 N–H and O–H groups in total. The Kier molecular flexibility index (Phi) is 4.45. The van der Waals surface area contributed by atoms with E-state index in [1.165, 1.54) is 18.2 Å². The van der Waals surface area contributed by atoms with Gasteiger partial charge < -0.3 is 10.0 Å². The minimum atomic E-state index is -1.01. The van der Waals surface area contributed by atoms with Crippen molar-refractivity contribution in [3.8, 4) is 0 Å². The second-order valence-electron chi connectivity index (χ2n) is 4.85. The van der Waals surface area contributed by atoms with Crippen molar-refractivity contribution in [3.05, 3.63) is 68.7 Å². The van der Waals surface area contributed by atoms with Crippen LogP contribution < -0.4 is 4.90 Å². The van der Waals surface area contributed by atoms with Crippen LogP contribution in [0, 0.1) is 10.1 Å². The summed E-state index contributed by atoms with van der Waals surface area (Å²) in [6.07, 6.45) is -1.01. The number of benzene rings is 2. The number of nitro groups is 1. The normalized spacial score (nSPS) is 12.0. The van der Waals surface area contributed by atoms with E-state index in [2.05, 4.69) is 0 Å². The molecule has 0 heterocycles. The maximum absolute atomic E-state index is 10.8. The molecule has 0 aromatic heterocycles. The Labute approximate surface area is 127 Å². The molecule has 0 saturated heterocycles. The van der Waals surface area contributed by atoms with Crippen LogP contribution in [0.5, 0.6) is 0 Å². The summed E-state index contributed by atoms with van der Waals surface area (Å²) in [7, 11) is 3.84. The van der Waals surface area contributed by atoms with Gasteiger partial charge in [0.15, 0.2) is 0 Å². The number of hydrogen-bond acceptors (Lipinski definition) is 4. The lowest BCUT2D eigenvalue weighted by Crippen LogP contribution is -2.09. The molecular weight excluding hydrogens is 292 g/mol. The zero-order valence-electron chi connectivity index (χ0n) is 11.7. The largest absolute Gasteiger partial charge is 0.384 e. The van der Waals surface area contributed by atoms with Crippen LogP contribution >= 0.6 is 11.6 Å². The molecule has 21 heavy (non-hydrogen) atoms. The summed E-state index contributed by atoms with van der Waals surface area (Å²) < 4.78 is 0. The zero-order chi connectivity index (χ0) is 15.6. The topological polar surface area (TPSA) is 66.6 Å². The third-order valence-electron chi connectivity index (χ3n) is 3.21. The number of nitrogens with zero attached hydrogens (tertiary/aromatic N) is 2. The fourth-order valence-corrected chi connectivity index (χ4v) is 2.21. The van der Waals surface area contributed by atoms with E-state index in [1.807, 2.05) is 31.1 Å². The number of hydrogen-bond donors (Lipinski definition) is 1. The van der Waals surface area contributed by atoms with E-state index in [-0.39, 0.29) is 5.69 Å². The summed E-state index contributed by atoms with van der Waals surface area (Å²) in [5.41, 5.74) is 1.85. The third kappa shape index (κ3) is 3.32. The molecule has 0 amide bonds. The number of aliphatic hydroxyl groups is 1. The number of halogens is 1. The van der Waals surface area contributed by atoms with E-state index in [9.17, 15) is 15.2 Å². The first-order valence-electron chi connectivity index (χ1n) is 6.29. The Morgan fingerprint density at radius 3 is 2.33 bits per heavy atom. The minimum absolute atomic E-state index is 0.0987. The van der Waals surface area contributed by atoms with Crippen molar-refractivity contribution in [2.45, 2.75) is 6.10 Å². The van der Waals surface area contributed by atoms with Gasteiger partial charge in [0.25, 0.3) is 5.69 Å². The van der Waals surface area contributed by atoms with Crippen LogP contribution in [-0.2, 0) is 0 Å². The molecule has 0 radical (unpaired) electrons. The van der Waals surface area contributed by atoms with Crippen molar-refractivity contribution >= 4 is 23.0 Å². The molecular formula is C15H15ClN2O3. The maximum Gasteiger partial charge on any atom is 0.269 e. The van der Waals surface area contributed by atoms with Gasteiger partial charge in [-0.2, -0.15) is 0 Å². The predicted molar refractivity (Wildman–Crippen MR) is 82.9 cm³/mol. The number of aliphatic hydroxyl groups excluding tert-OH is 1. The van der Waals surface area contributed by atoms with Crippen molar-refractivity contribution in [2.75, 3.05) is 19.0 Å². The van der Waals surface area contributed by atoms with Crippen LogP contribution in [0.1, 0.15) is 17.2 Å². The molecule has 0 fully saturated rings. The van der Waals surface area contributed by atoms with Gasteiger partial charge in [-0.15, -0.1) is 0 Å². The van der Waals surface area contributed by atoms with Crippen molar-refractivity contribution in [2.24, 2.45) is 0 Å². The van der Waals surface area contributed by atoms with Crippen molar-refractivity contribution in [1.29, 1.82) is 0 Å². The van der Waals surface area contributed by atoms with E-state index in [0.29, 0.717) is 16.1 Å². The molecule has 2 rings (SSSR count). The van der Waals surface area contributed by atoms with Gasteiger partial charge in [0.05, 0.1) is 4.92 Å². The molecule has 0 aliphatic rings. The Morgan fingerprint density at radius 1 is 1.19 bits per heavy atom. The molecule has 0 aliphatic heterocycles. The first-order chi connectivity index (χ1) is 9.90. The van der Waals surface area contributed by atoms with Crippen LogP contribution in [0.2, 0.25) is 5.02 Å². The number of nitro benzene ring substituents is 1. The Bertz CT molecular complexity index is 656. The average Bonchev–Trinajstić information content (AvgIpc) is 2.47. The summed E-state index contributed by atoms with van der Waals surface area (Å²) in [5.74, 6) is 0. The van der Waals surface area contributed by atoms with Gasteiger partial charge in [0.1, 0.15) is 6.10 Å². The van der Waals surface area contributed by atoms with Crippen LogP contribution in [0.15, 0.2) is 42.5 Å². The fraction of sp³-hybridized carbons (Fsp3) is 0.200. The Hall–Kier alpha value is -2.11. The molecule has 0 spiro atoms. The monoisotopic (exact) mass is 306 g/mol. The molecule has 2 aromatic rings. The quantitative estimate of drug-likeness (QED) is 0.694. The highest BCUT2D eigenvalue weighted by Gasteiger charge is 2.18. The second kappa shape index (κ2) is 6.11.